The van der Waals surface area contributed by atoms with Gasteiger partial charge in [-0.25, -0.2) is 0 Å². The van der Waals surface area contributed by atoms with Crippen LogP contribution in [0.25, 0.3) is 0 Å². The lowest BCUT2D eigenvalue weighted by atomic mass is 9.78. The highest BCUT2D eigenvalue weighted by atomic mass is 16.6. The molecule has 12 atom stereocenters. The van der Waals surface area contributed by atoms with Gasteiger partial charge in [0.2, 0.25) is 0 Å². The van der Waals surface area contributed by atoms with Crippen molar-refractivity contribution in [1.29, 1.82) is 0 Å². The van der Waals surface area contributed by atoms with Crippen molar-refractivity contribution in [2.24, 2.45) is 23.7 Å². The Bertz CT molecular complexity index is 696. The van der Waals surface area contributed by atoms with Gasteiger partial charge in [0.25, 0.3) is 0 Å². The fraction of sp³-hybridized carbons (Fsp3) is 0.929. The summed E-state index contributed by atoms with van der Waals surface area (Å²) in [6, 6.07) is 0. The van der Waals surface area contributed by atoms with Crippen molar-refractivity contribution in [1.82, 2.24) is 0 Å². The Morgan fingerprint density at radius 2 is 0.972 bits per heavy atom. The molecule has 0 aliphatic carbocycles. The number of rotatable bonds is 5. The molecule has 206 valence electrons. The average molecular weight is 511 g/mol. The number of carbonyl (C=O) groups excluding carboxylic acids is 2. The van der Waals surface area contributed by atoms with Gasteiger partial charge in [0, 0.05) is 38.5 Å². The molecule has 4 aliphatic rings. The van der Waals surface area contributed by atoms with Gasteiger partial charge in [-0.05, 0) is 37.5 Å². The Morgan fingerprint density at radius 3 is 1.33 bits per heavy atom. The van der Waals surface area contributed by atoms with E-state index < -0.39 is 0 Å². The summed E-state index contributed by atoms with van der Waals surface area (Å²) in [5.74, 6) is 0.411. The molecule has 0 N–H and O–H groups in total. The van der Waals surface area contributed by atoms with Gasteiger partial charge in [0.1, 0.15) is 12.2 Å². The quantitative estimate of drug-likeness (QED) is 0.512. The largest absolute Gasteiger partial charge is 0.462 e. The van der Waals surface area contributed by atoms with Gasteiger partial charge in [0.15, 0.2) is 0 Å². The third-order valence-electron chi connectivity index (χ3n) is 8.92. The van der Waals surface area contributed by atoms with Gasteiger partial charge in [-0.1, -0.05) is 27.7 Å². The van der Waals surface area contributed by atoms with E-state index in [4.69, 9.17) is 28.4 Å². The third kappa shape index (κ3) is 6.25. The van der Waals surface area contributed by atoms with Crippen LogP contribution in [0.15, 0.2) is 0 Å². The van der Waals surface area contributed by atoms with E-state index in [1.165, 1.54) is 13.8 Å². The number of carbonyl (C=O) groups is 2. The lowest BCUT2D eigenvalue weighted by Crippen LogP contribution is -2.57. The van der Waals surface area contributed by atoms with Crippen LogP contribution < -0.4 is 0 Å². The van der Waals surface area contributed by atoms with Crippen molar-refractivity contribution in [2.45, 2.75) is 129 Å². The van der Waals surface area contributed by atoms with Gasteiger partial charge in [-0.3, -0.25) is 9.59 Å². The van der Waals surface area contributed by atoms with E-state index >= 15 is 0 Å². The predicted octanol–water partition coefficient (Wildman–Crippen LogP) is 4.07. The summed E-state index contributed by atoms with van der Waals surface area (Å²) in [7, 11) is 0. The molecule has 36 heavy (non-hydrogen) atoms. The van der Waals surface area contributed by atoms with Gasteiger partial charge in [-0.15, -0.1) is 0 Å². The molecule has 0 saturated carbocycles. The summed E-state index contributed by atoms with van der Waals surface area (Å²) >= 11 is 0. The molecule has 8 heteroatoms. The second-order valence-corrected chi connectivity index (χ2v) is 11.6. The molecule has 0 amide bonds. The van der Waals surface area contributed by atoms with Crippen LogP contribution in [0, 0.1) is 23.7 Å². The lowest BCUT2D eigenvalue weighted by Gasteiger charge is -2.49. The van der Waals surface area contributed by atoms with Crippen molar-refractivity contribution in [3.8, 4) is 0 Å². The molecule has 4 saturated heterocycles. The monoisotopic (exact) mass is 510 g/mol. The maximum atomic E-state index is 11.6. The van der Waals surface area contributed by atoms with Crippen LogP contribution in [-0.2, 0) is 38.0 Å². The highest BCUT2D eigenvalue weighted by molar-refractivity contribution is 5.66. The van der Waals surface area contributed by atoms with Crippen molar-refractivity contribution < 1.29 is 38.0 Å². The number of ether oxygens (including phenoxy) is 6. The second-order valence-electron chi connectivity index (χ2n) is 11.6. The average Bonchev–Trinajstić information content (AvgIpc) is 2.82. The Balaban J connectivity index is 1.43. The number of esters is 2. The Hall–Kier alpha value is -1.22. The minimum Gasteiger partial charge on any atom is -0.462 e. The van der Waals surface area contributed by atoms with E-state index in [-0.39, 0.29) is 72.6 Å². The van der Waals surface area contributed by atoms with Gasteiger partial charge in [-0.2, -0.15) is 0 Å². The molecule has 8 nitrogen and oxygen atoms in total. The molecule has 4 aliphatic heterocycles. The molecule has 2 unspecified atom stereocenters. The molecule has 0 radical (unpaired) electrons. The molecule has 4 heterocycles. The van der Waals surface area contributed by atoms with Crippen LogP contribution in [0.4, 0.5) is 0 Å². The zero-order valence-corrected chi connectivity index (χ0v) is 22.9. The van der Waals surface area contributed by atoms with Crippen LogP contribution in [-0.4, -0.2) is 74.0 Å². The molecule has 4 fully saturated rings. The topological polar surface area (TPSA) is 89.5 Å². The minimum absolute atomic E-state index is 0.0328. The van der Waals surface area contributed by atoms with E-state index in [1.807, 2.05) is 0 Å². The van der Waals surface area contributed by atoms with Crippen LogP contribution in [0.1, 0.15) is 80.1 Å². The Kier molecular flexibility index (Phi) is 9.34. The summed E-state index contributed by atoms with van der Waals surface area (Å²) in [6.45, 7) is 12.8. The molecule has 0 bridgehead atoms. The first-order valence-corrected chi connectivity index (χ1v) is 14.0. The van der Waals surface area contributed by atoms with Crippen LogP contribution >= 0.6 is 0 Å². The van der Waals surface area contributed by atoms with Gasteiger partial charge >= 0.3 is 11.9 Å². The van der Waals surface area contributed by atoms with Crippen molar-refractivity contribution in [3.05, 3.63) is 0 Å². The molecular weight excluding hydrogens is 464 g/mol. The van der Waals surface area contributed by atoms with Crippen LogP contribution in [0.5, 0.6) is 0 Å². The normalized spacial score (nSPS) is 46.1. The van der Waals surface area contributed by atoms with Gasteiger partial charge < -0.3 is 28.4 Å². The molecular formula is C28H46O8. The Morgan fingerprint density at radius 1 is 0.583 bits per heavy atom. The van der Waals surface area contributed by atoms with Crippen LogP contribution in [0.2, 0.25) is 0 Å². The minimum atomic E-state index is -0.242. The molecule has 0 spiro atoms. The van der Waals surface area contributed by atoms with E-state index in [2.05, 4.69) is 27.7 Å². The van der Waals surface area contributed by atoms with E-state index in [0.29, 0.717) is 25.0 Å². The molecule has 0 aromatic heterocycles. The predicted molar refractivity (Wildman–Crippen MR) is 132 cm³/mol. The first-order valence-electron chi connectivity index (χ1n) is 14.0. The molecule has 0 aromatic carbocycles. The summed E-state index contributed by atoms with van der Waals surface area (Å²) < 4.78 is 37.2. The van der Waals surface area contributed by atoms with E-state index in [0.717, 1.165) is 38.5 Å². The lowest BCUT2D eigenvalue weighted by molar-refractivity contribution is -0.249. The van der Waals surface area contributed by atoms with E-state index in [1.54, 1.807) is 0 Å². The SMILES string of the molecule is CC(=O)OC1CCO[C@@H]([C@H]2CC[C@H](C)[C@@H]([C@H]3O[C@@H]([C@@H]4OCCC(OC(C)=O)[C@H]4C)CC[C@@H]3C)O2)[C@@H]1C. The summed E-state index contributed by atoms with van der Waals surface area (Å²) in [5.41, 5.74) is 0. The smallest absolute Gasteiger partial charge is 0.302 e. The first-order chi connectivity index (χ1) is 17.2. The standard InChI is InChI=1S/C28H46O8/c1-15-7-9-23(27-17(3)21(11-13-31-27)33-19(5)29)35-25(15)26-16(2)8-10-24(36-26)28-18(4)22(12-14-32-28)34-20(6)30/h15-18,21-28H,7-14H2,1-6H3/t15-,16-,17+,18+,21?,22?,23+,24+,25-,26-,27+,28+/m0/s1. The Labute approximate surface area is 216 Å². The second kappa shape index (κ2) is 12.1. The van der Waals surface area contributed by atoms with Gasteiger partial charge in [0.05, 0.1) is 49.8 Å². The van der Waals surface area contributed by atoms with Crippen molar-refractivity contribution in [3.63, 3.8) is 0 Å². The zero-order chi connectivity index (χ0) is 26.0. The van der Waals surface area contributed by atoms with Crippen LogP contribution in [0.3, 0.4) is 0 Å². The summed E-state index contributed by atoms with van der Waals surface area (Å²) in [6.07, 6.45) is 4.77. The molecule has 4 rings (SSSR count). The fourth-order valence-corrected chi connectivity index (χ4v) is 6.82. The molecule has 0 aromatic rings. The summed E-state index contributed by atoms with van der Waals surface area (Å²) in [5, 5.41) is 0. The van der Waals surface area contributed by atoms with Crippen molar-refractivity contribution >= 4 is 11.9 Å². The summed E-state index contributed by atoms with van der Waals surface area (Å²) in [4.78, 5) is 23.2. The number of hydrogen-bond acceptors (Lipinski definition) is 8. The first kappa shape index (κ1) is 27.8. The zero-order valence-electron chi connectivity index (χ0n) is 22.9. The third-order valence-corrected chi connectivity index (χ3v) is 8.92. The highest BCUT2D eigenvalue weighted by Crippen LogP contribution is 2.41. The fourth-order valence-electron chi connectivity index (χ4n) is 6.82. The van der Waals surface area contributed by atoms with Crippen molar-refractivity contribution in [2.75, 3.05) is 13.2 Å². The van der Waals surface area contributed by atoms with E-state index in [9.17, 15) is 9.59 Å². The maximum Gasteiger partial charge on any atom is 0.302 e. The number of hydrogen-bond donors (Lipinski definition) is 0. The highest BCUT2D eigenvalue weighted by Gasteiger charge is 2.48. The maximum absolute atomic E-state index is 11.6.